The number of rotatable bonds is 0. The molecular formula is C13H20O. The molecule has 1 fully saturated rings. The molecule has 0 aromatic rings. The summed E-state index contributed by atoms with van der Waals surface area (Å²) in [6.45, 7) is 6.83. The second-order valence-corrected chi connectivity index (χ2v) is 5.61. The molecule has 2 rings (SSSR count). The van der Waals surface area contributed by atoms with Crippen molar-refractivity contribution in [2.75, 3.05) is 0 Å². The Morgan fingerprint density at radius 3 is 2.79 bits per heavy atom. The van der Waals surface area contributed by atoms with E-state index in [1.165, 1.54) is 0 Å². The van der Waals surface area contributed by atoms with Gasteiger partial charge in [-0.05, 0) is 30.1 Å². The summed E-state index contributed by atoms with van der Waals surface area (Å²) in [5.41, 5.74) is 0.359. The van der Waals surface area contributed by atoms with Gasteiger partial charge in [-0.15, -0.1) is 0 Å². The van der Waals surface area contributed by atoms with Crippen LogP contribution in [-0.2, 0) is 4.79 Å². The van der Waals surface area contributed by atoms with E-state index in [9.17, 15) is 4.79 Å². The van der Waals surface area contributed by atoms with Gasteiger partial charge in [0.2, 0.25) is 0 Å². The summed E-state index contributed by atoms with van der Waals surface area (Å²) >= 11 is 0. The molecule has 0 amide bonds. The minimum Gasteiger partial charge on any atom is -0.299 e. The highest BCUT2D eigenvalue weighted by Gasteiger charge is 2.45. The predicted octanol–water partition coefficient (Wildman–Crippen LogP) is 3.20. The molecular weight excluding hydrogens is 172 g/mol. The Balaban J connectivity index is 2.31. The van der Waals surface area contributed by atoms with Crippen LogP contribution in [0, 0.1) is 23.2 Å². The van der Waals surface area contributed by atoms with Crippen molar-refractivity contribution in [3.63, 3.8) is 0 Å². The molecule has 2 aliphatic carbocycles. The maximum absolute atomic E-state index is 11.9. The van der Waals surface area contributed by atoms with Crippen molar-refractivity contribution in [1.29, 1.82) is 0 Å². The molecule has 1 heteroatoms. The molecule has 3 atom stereocenters. The second-order valence-electron chi connectivity index (χ2n) is 5.61. The van der Waals surface area contributed by atoms with Gasteiger partial charge >= 0.3 is 0 Å². The van der Waals surface area contributed by atoms with E-state index in [-0.39, 0.29) is 0 Å². The topological polar surface area (TPSA) is 17.1 Å². The van der Waals surface area contributed by atoms with E-state index in [1.54, 1.807) is 0 Å². The molecule has 0 unspecified atom stereocenters. The Bertz CT molecular complexity index is 275. The molecule has 0 N–H and O–H groups in total. The lowest BCUT2D eigenvalue weighted by molar-refractivity contribution is -0.133. The lowest BCUT2D eigenvalue weighted by Crippen LogP contribution is -2.44. The summed E-state index contributed by atoms with van der Waals surface area (Å²) in [6, 6.07) is 0. The quantitative estimate of drug-likeness (QED) is 0.539. The fourth-order valence-electron chi connectivity index (χ4n) is 3.19. The van der Waals surface area contributed by atoms with Gasteiger partial charge in [0, 0.05) is 12.3 Å². The van der Waals surface area contributed by atoms with Gasteiger partial charge < -0.3 is 0 Å². The number of carbonyl (C=O) groups excluding carboxylic acids is 1. The van der Waals surface area contributed by atoms with Gasteiger partial charge in [-0.25, -0.2) is 0 Å². The Labute approximate surface area is 86.6 Å². The molecule has 0 aromatic carbocycles. The average Bonchev–Trinajstić information content (AvgIpc) is 2.12. The number of fused-ring (bicyclic) bond motifs is 1. The zero-order chi connectivity index (χ0) is 10.3. The van der Waals surface area contributed by atoms with Crippen molar-refractivity contribution in [2.24, 2.45) is 23.2 Å². The number of Topliss-reactive ketones (excluding diaryl/α,β-unsaturated/α-hetero) is 1. The molecule has 0 saturated heterocycles. The first-order valence-corrected chi connectivity index (χ1v) is 5.72. The van der Waals surface area contributed by atoms with Crippen LogP contribution in [-0.4, -0.2) is 5.78 Å². The molecule has 0 aromatic heterocycles. The third kappa shape index (κ3) is 1.43. The fourth-order valence-corrected chi connectivity index (χ4v) is 3.19. The summed E-state index contributed by atoms with van der Waals surface area (Å²) in [6.07, 6.45) is 7.47. The minimum atomic E-state index is 0.309. The van der Waals surface area contributed by atoms with Crippen molar-refractivity contribution < 1.29 is 4.79 Å². The van der Waals surface area contributed by atoms with E-state index < -0.39 is 0 Å². The van der Waals surface area contributed by atoms with Crippen molar-refractivity contribution in [3.8, 4) is 0 Å². The SMILES string of the molecule is C[C@@H]1C=CC[C@@H]2[C@H]1C(=O)CCC2(C)C. The second kappa shape index (κ2) is 3.22. The highest BCUT2D eigenvalue weighted by molar-refractivity contribution is 5.83. The number of hydrogen-bond donors (Lipinski definition) is 0. The zero-order valence-electron chi connectivity index (χ0n) is 9.42. The summed E-state index contributed by atoms with van der Waals surface area (Å²) in [4.78, 5) is 11.9. The van der Waals surface area contributed by atoms with E-state index in [0.29, 0.717) is 29.0 Å². The fraction of sp³-hybridized carbons (Fsp3) is 0.769. The molecule has 0 heterocycles. The number of carbonyl (C=O) groups is 1. The zero-order valence-corrected chi connectivity index (χ0v) is 9.42. The Morgan fingerprint density at radius 2 is 2.14 bits per heavy atom. The molecule has 1 nitrogen and oxygen atoms in total. The summed E-state index contributed by atoms with van der Waals surface area (Å²) in [5, 5.41) is 0. The van der Waals surface area contributed by atoms with Crippen LogP contribution >= 0.6 is 0 Å². The van der Waals surface area contributed by atoms with Crippen molar-refractivity contribution in [3.05, 3.63) is 12.2 Å². The molecule has 0 aliphatic heterocycles. The minimum absolute atomic E-state index is 0.309. The van der Waals surface area contributed by atoms with Gasteiger partial charge in [0.05, 0.1) is 0 Å². The summed E-state index contributed by atoms with van der Waals surface area (Å²) in [5.74, 6) is 1.86. The van der Waals surface area contributed by atoms with Gasteiger partial charge in [0.1, 0.15) is 5.78 Å². The van der Waals surface area contributed by atoms with Crippen molar-refractivity contribution in [1.82, 2.24) is 0 Å². The van der Waals surface area contributed by atoms with Crippen molar-refractivity contribution >= 4 is 5.78 Å². The van der Waals surface area contributed by atoms with E-state index in [2.05, 4.69) is 32.9 Å². The molecule has 2 aliphatic rings. The number of allylic oxidation sites excluding steroid dienone is 2. The van der Waals surface area contributed by atoms with E-state index in [1.807, 2.05) is 0 Å². The monoisotopic (exact) mass is 192 g/mol. The lowest BCUT2D eigenvalue weighted by atomic mass is 9.57. The van der Waals surface area contributed by atoms with E-state index in [0.717, 1.165) is 19.3 Å². The van der Waals surface area contributed by atoms with Gasteiger partial charge in [0.25, 0.3) is 0 Å². The number of ketones is 1. The van der Waals surface area contributed by atoms with E-state index in [4.69, 9.17) is 0 Å². The smallest absolute Gasteiger partial charge is 0.136 e. The number of hydrogen-bond acceptors (Lipinski definition) is 1. The summed E-state index contributed by atoms with van der Waals surface area (Å²) < 4.78 is 0. The van der Waals surface area contributed by atoms with Crippen LogP contribution in [0.2, 0.25) is 0 Å². The maximum atomic E-state index is 11.9. The largest absolute Gasteiger partial charge is 0.299 e. The van der Waals surface area contributed by atoms with Crippen molar-refractivity contribution in [2.45, 2.75) is 40.0 Å². The van der Waals surface area contributed by atoms with Gasteiger partial charge in [-0.3, -0.25) is 4.79 Å². The third-order valence-electron chi connectivity index (χ3n) is 4.22. The van der Waals surface area contributed by atoms with Gasteiger partial charge in [-0.1, -0.05) is 32.9 Å². The van der Waals surface area contributed by atoms with Gasteiger partial charge in [0.15, 0.2) is 0 Å². The highest BCUT2D eigenvalue weighted by Crippen LogP contribution is 2.48. The van der Waals surface area contributed by atoms with Crippen LogP contribution in [0.3, 0.4) is 0 Å². The normalized spacial score (nSPS) is 40.8. The lowest BCUT2D eigenvalue weighted by Gasteiger charge is -2.46. The average molecular weight is 192 g/mol. The first-order valence-electron chi connectivity index (χ1n) is 5.72. The van der Waals surface area contributed by atoms with E-state index >= 15 is 0 Å². The van der Waals surface area contributed by atoms with Crippen LogP contribution < -0.4 is 0 Å². The molecule has 0 spiro atoms. The predicted molar refractivity (Wildman–Crippen MR) is 57.9 cm³/mol. The van der Waals surface area contributed by atoms with Crippen LogP contribution in [0.4, 0.5) is 0 Å². The first kappa shape index (κ1) is 9.95. The standard InChI is InChI=1S/C13H20O/c1-9-5-4-6-10-12(9)11(14)7-8-13(10,2)3/h4-5,9-10,12H,6-8H2,1-3H3/t9-,10-,12+/m1/s1. The van der Waals surface area contributed by atoms with Crippen LogP contribution in [0.5, 0.6) is 0 Å². The first-order chi connectivity index (χ1) is 6.52. The maximum Gasteiger partial charge on any atom is 0.136 e. The van der Waals surface area contributed by atoms with Crippen LogP contribution in [0.25, 0.3) is 0 Å². The molecule has 14 heavy (non-hydrogen) atoms. The Kier molecular flexibility index (Phi) is 2.29. The molecule has 0 bridgehead atoms. The Morgan fingerprint density at radius 1 is 1.43 bits per heavy atom. The third-order valence-corrected chi connectivity index (χ3v) is 4.22. The molecule has 78 valence electrons. The van der Waals surface area contributed by atoms with Gasteiger partial charge in [-0.2, -0.15) is 0 Å². The highest BCUT2D eigenvalue weighted by atomic mass is 16.1. The summed E-state index contributed by atoms with van der Waals surface area (Å²) in [7, 11) is 0. The Hall–Kier alpha value is -0.590. The van der Waals surface area contributed by atoms with Crippen LogP contribution in [0.15, 0.2) is 12.2 Å². The molecule has 1 saturated carbocycles. The molecule has 0 radical (unpaired) electrons. The van der Waals surface area contributed by atoms with Crippen LogP contribution in [0.1, 0.15) is 40.0 Å².